The lowest BCUT2D eigenvalue weighted by molar-refractivity contribution is -0.121. The van der Waals surface area contributed by atoms with Crippen LogP contribution in [-0.2, 0) is 26.6 Å². The Morgan fingerprint density at radius 1 is 1.30 bits per heavy atom. The molecule has 162 valence electrons. The van der Waals surface area contributed by atoms with Crippen LogP contribution in [0, 0.1) is 6.92 Å². The molecule has 2 heterocycles. The van der Waals surface area contributed by atoms with Gasteiger partial charge in [0.2, 0.25) is 10.0 Å². The van der Waals surface area contributed by atoms with Crippen molar-refractivity contribution in [1.82, 2.24) is 8.87 Å². The second-order valence-electron chi connectivity index (χ2n) is 6.76. The van der Waals surface area contributed by atoms with E-state index in [0.717, 1.165) is 11.3 Å². The molecule has 8 nitrogen and oxygen atoms in total. The number of aromatic nitrogens is 1. The van der Waals surface area contributed by atoms with E-state index in [9.17, 15) is 18.0 Å². The lowest BCUT2D eigenvalue weighted by Crippen LogP contribution is -2.40. The molecule has 3 rings (SSSR count). The smallest absolute Gasteiger partial charge is 0.350 e. The van der Waals surface area contributed by atoms with Gasteiger partial charge in [-0.2, -0.15) is 9.30 Å². The first kappa shape index (κ1) is 22.7. The standard InChI is InChI=1S/C19H22ClN3O5S2/c1-4-28-18(25)16-12(2)22(3)19(29-16)21-17(24)15-6-5-11-23(15)30(26,27)14-9-7-13(20)8-10-14/h7-10,15H,4-6,11H2,1-3H3. The maximum Gasteiger partial charge on any atom is 0.350 e. The Kier molecular flexibility index (Phi) is 6.81. The molecule has 11 heteroatoms. The number of amides is 1. The van der Waals surface area contributed by atoms with Gasteiger partial charge in [-0.15, -0.1) is 0 Å². The number of carbonyl (C=O) groups excluding carboxylic acids is 2. The maximum absolute atomic E-state index is 13.0. The summed E-state index contributed by atoms with van der Waals surface area (Å²) in [4.78, 5) is 29.9. The van der Waals surface area contributed by atoms with Crippen LogP contribution < -0.4 is 4.80 Å². The molecular formula is C19H22ClN3O5S2. The number of carbonyl (C=O) groups is 2. The molecule has 1 atom stereocenters. The monoisotopic (exact) mass is 471 g/mol. The molecule has 0 aliphatic carbocycles. The van der Waals surface area contributed by atoms with Crippen LogP contribution in [0.1, 0.15) is 35.1 Å². The van der Waals surface area contributed by atoms with Gasteiger partial charge in [0.25, 0.3) is 5.91 Å². The molecule has 1 aliphatic heterocycles. The Balaban J connectivity index is 1.92. The molecule has 0 N–H and O–H groups in total. The van der Waals surface area contributed by atoms with Gasteiger partial charge in [0, 0.05) is 24.3 Å². The molecule has 0 bridgehead atoms. The van der Waals surface area contributed by atoms with Crippen LogP contribution in [0.5, 0.6) is 0 Å². The van der Waals surface area contributed by atoms with Crippen molar-refractivity contribution in [2.24, 2.45) is 12.0 Å². The minimum atomic E-state index is -3.86. The summed E-state index contributed by atoms with van der Waals surface area (Å²) in [7, 11) is -2.17. The van der Waals surface area contributed by atoms with Crippen molar-refractivity contribution in [2.75, 3.05) is 13.2 Å². The number of hydrogen-bond acceptors (Lipinski definition) is 6. The summed E-state index contributed by atoms with van der Waals surface area (Å²) < 4.78 is 33.9. The predicted molar refractivity (Wildman–Crippen MR) is 113 cm³/mol. The van der Waals surface area contributed by atoms with E-state index in [0.29, 0.717) is 33.2 Å². The highest BCUT2D eigenvalue weighted by Crippen LogP contribution is 2.27. The summed E-state index contributed by atoms with van der Waals surface area (Å²) in [6, 6.07) is 4.94. The van der Waals surface area contributed by atoms with Crippen LogP contribution in [0.25, 0.3) is 0 Å². The third kappa shape index (κ3) is 4.36. The quantitative estimate of drug-likeness (QED) is 0.624. The van der Waals surface area contributed by atoms with Gasteiger partial charge >= 0.3 is 5.97 Å². The fourth-order valence-electron chi connectivity index (χ4n) is 3.20. The summed E-state index contributed by atoms with van der Waals surface area (Å²) in [6.07, 6.45) is 0.941. The Bertz CT molecular complexity index is 1140. The Labute approximate surface area is 183 Å². The highest BCUT2D eigenvalue weighted by molar-refractivity contribution is 7.89. The van der Waals surface area contributed by atoms with Crippen molar-refractivity contribution in [3.63, 3.8) is 0 Å². The fourth-order valence-corrected chi connectivity index (χ4v) is 5.99. The molecule has 1 unspecified atom stereocenters. The first-order chi connectivity index (χ1) is 14.2. The van der Waals surface area contributed by atoms with Crippen molar-refractivity contribution in [1.29, 1.82) is 0 Å². The first-order valence-electron chi connectivity index (χ1n) is 9.36. The fraction of sp³-hybridized carbons (Fsp3) is 0.421. The molecule has 30 heavy (non-hydrogen) atoms. The lowest BCUT2D eigenvalue weighted by atomic mass is 10.2. The third-order valence-electron chi connectivity index (χ3n) is 4.89. The first-order valence-corrected chi connectivity index (χ1v) is 12.0. The van der Waals surface area contributed by atoms with Crippen molar-refractivity contribution in [3.05, 3.63) is 44.7 Å². The van der Waals surface area contributed by atoms with E-state index in [4.69, 9.17) is 16.3 Å². The number of halogens is 1. The average Bonchev–Trinajstić information content (AvgIpc) is 3.30. The third-order valence-corrected chi connectivity index (χ3v) is 8.28. The minimum Gasteiger partial charge on any atom is -0.462 e. The number of esters is 1. The van der Waals surface area contributed by atoms with E-state index in [-0.39, 0.29) is 18.0 Å². The molecule has 1 aromatic heterocycles. The number of rotatable bonds is 5. The topological polar surface area (TPSA) is 98.0 Å². The van der Waals surface area contributed by atoms with Gasteiger partial charge in [0.05, 0.1) is 11.5 Å². The molecule has 0 saturated carbocycles. The van der Waals surface area contributed by atoms with Crippen molar-refractivity contribution < 1.29 is 22.7 Å². The van der Waals surface area contributed by atoms with Gasteiger partial charge in [-0.25, -0.2) is 13.2 Å². The van der Waals surface area contributed by atoms with Crippen molar-refractivity contribution in [2.45, 2.75) is 37.6 Å². The van der Waals surface area contributed by atoms with Crippen LogP contribution in [-0.4, -0.2) is 48.4 Å². The van der Waals surface area contributed by atoms with Gasteiger partial charge < -0.3 is 9.30 Å². The summed E-state index contributed by atoms with van der Waals surface area (Å²) >= 11 is 6.90. The summed E-state index contributed by atoms with van der Waals surface area (Å²) in [6.45, 7) is 3.93. The SMILES string of the molecule is CCOC(=O)c1sc(=NC(=O)C2CCCN2S(=O)(=O)c2ccc(Cl)cc2)n(C)c1C. The van der Waals surface area contributed by atoms with E-state index in [1.165, 1.54) is 28.6 Å². The lowest BCUT2D eigenvalue weighted by Gasteiger charge is -2.21. The summed E-state index contributed by atoms with van der Waals surface area (Å²) in [5.41, 5.74) is 0.627. The van der Waals surface area contributed by atoms with Gasteiger partial charge in [0.15, 0.2) is 4.80 Å². The van der Waals surface area contributed by atoms with Gasteiger partial charge in [-0.3, -0.25) is 4.79 Å². The zero-order valence-electron chi connectivity index (χ0n) is 16.8. The van der Waals surface area contributed by atoms with Crippen LogP contribution in [0.15, 0.2) is 34.2 Å². The average molecular weight is 472 g/mol. The van der Waals surface area contributed by atoms with Gasteiger partial charge in [0.1, 0.15) is 10.9 Å². The molecule has 1 aliphatic rings. The molecule has 1 amide bonds. The Morgan fingerprint density at radius 3 is 2.60 bits per heavy atom. The number of benzene rings is 1. The summed E-state index contributed by atoms with van der Waals surface area (Å²) in [5.74, 6) is -1.03. The van der Waals surface area contributed by atoms with Crippen LogP contribution in [0.2, 0.25) is 5.02 Å². The van der Waals surface area contributed by atoms with E-state index in [1.54, 1.807) is 25.5 Å². The minimum absolute atomic E-state index is 0.0775. The van der Waals surface area contributed by atoms with E-state index < -0.39 is 27.9 Å². The Morgan fingerprint density at radius 2 is 1.97 bits per heavy atom. The molecular weight excluding hydrogens is 450 g/mol. The normalized spacial score (nSPS) is 18.0. The largest absolute Gasteiger partial charge is 0.462 e. The zero-order chi connectivity index (χ0) is 22.1. The van der Waals surface area contributed by atoms with Crippen molar-refractivity contribution >= 4 is 44.8 Å². The molecule has 0 spiro atoms. The molecule has 0 radical (unpaired) electrons. The molecule has 1 fully saturated rings. The molecule has 2 aromatic rings. The maximum atomic E-state index is 13.0. The highest BCUT2D eigenvalue weighted by Gasteiger charge is 2.39. The van der Waals surface area contributed by atoms with Crippen LogP contribution in [0.4, 0.5) is 0 Å². The second-order valence-corrected chi connectivity index (χ2v) is 10.1. The number of sulfonamides is 1. The summed E-state index contributed by atoms with van der Waals surface area (Å²) in [5, 5.41) is 0.427. The zero-order valence-corrected chi connectivity index (χ0v) is 19.2. The Hall–Kier alpha value is -2.01. The van der Waals surface area contributed by atoms with Crippen molar-refractivity contribution in [3.8, 4) is 0 Å². The molecule has 1 saturated heterocycles. The van der Waals surface area contributed by atoms with E-state index in [2.05, 4.69) is 4.99 Å². The van der Waals surface area contributed by atoms with E-state index in [1.807, 2.05) is 0 Å². The van der Waals surface area contributed by atoms with Gasteiger partial charge in [-0.1, -0.05) is 22.9 Å². The predicted octanol–water partition coefficient (Wildman–Crippen LogP) is 2.51. The van der Waals surface area contributed by atoms with Crippen LogP contribution in [0.3, 0.4) is 0 Å². The number of ether oxygens (including phenoxy) is 1. The number of nitrogens with zero attached hydrogens (tertiary/aromatic N) is 3. The van der Waals surface area contributed by atoms with Gasteiger partial charge in [-0.05, 0) is 51.0 Å². The molecule has 1 aromatic carbocycles. The van der Waals surface area contributed by atoms with E-state index >= 15 is 0 Å². The number of hydrogen-bond donors (Lipinski definition) is 0. The second kappa shape index (κ2) is 9.01. The highest BCUT2D eigenvalue weighted by atomic mass is 35.5. The number of thiazole rings is 1. The van der Waals surface area contributed by atoms with Crippen LogP contribution >= 0.6 is 22.9 Å².